The number of aliphatic hydroxyl groups is 1. The van der Waals surface area contributed by atoms with Crippen molar-refractivity contribution in [2.24, 2.45) is 0 Å². The molecular weight excluding hydrogens is 270 g/mol. The lowest BCUT2D eigenvalue weighted by Crippen LogP contribution is -2.16. The molecule has 0 saturated heterocycles. The third kappa shape index (κ3) is 3.53. The molecule has 0 aliphatic heterocycles. The third-order valence-electron chi connectivity index (χ3n) is 3.41. The second-order valence-corrected chi connectivity index (χ2v) is 5.64. The minimum absolute atomic E-state index is 0.496. The molecule has 2 aromatic carbocycles. The van der Waals surface area contributed by atoms with Crippen molar-refractivity contribution in [2.45, 2.75) is 26.5 Å². The maximum Gasteiger partial charge on any atom is 0.0762 e. The van der Waals surface area contributed by atoms with E-state index in [0.29, 0.717) is 5.02 Å². The van der Waals surface area contributed by atoms with E-state index in [1.807, 2.05) is 25.2 Å². The van der Waals surface area contributed by atoms with Crippen molar-refractivity contribution in [3.8, 4) is 0 Å². The highest BCUT2D eigenvalue weighted by Gasteiger charge is 2.09. The van der Waals surface area contributed by atoms with Gasteiger partial charge in [0.05, 0.1) is 16.8 Å². The van der Waals surface area contributed by atoms with Gasteiger partial charge in [-0.1, -0.05) is 47.5 Å². The number of aryl methyl sites for hydroxylation is 1. The average molecular weight is 290 g/mol. The van der Waals surface area contributed by atoms with Gasteiger partial charge in [0.1, 0.15) is 0 Å². The highest BCUT2D eigenvalue weighted by Crippen LogP contribution is 2.29. The van der Waals surface area contributed by atoms with E-state index in [-0.39, 0.29) is 0 Å². The summed E-state index contributed by atoms with van der Waals surface area (Å²) in [6, 6.07) is 14.2. The lowest BCUT2D eigenvalue weighted by molar-refractivity contribution is 0.199. The Bertz CT molecular complexity index is 578. The summed E-state index contributed by atoms with van der Waals surface area (Å²) in [7, 11) is 2.02. The van der Waals surface area contributed by atoms with Crippen molar-refractivity contribution in [2.75, 3.05) is 11.9 Å². The summed E-state index contributed by atoms with van der Waals surface area (Å²) < 4.78 is 0. The van der Waals surface area contributed by atoms with E-state index in [1.165, 1.54) is 11.1 Å². The first-order valence-corrected chi connectivity index (χ1v) is 7.09. The van der Waals surface area contributed by atoms with E-state index >= 15 is 0 Å². The van der Waals surface area contributed by atoms with E-state index in [9.17, 15) is 5.11 Å². The first kappa shape index (κ1) is 14.9. The monoisotopic (exact) mass is 289 g/mol. The van der Waals surface area contributed by atoms with Crippen LogP contribution in [0, 0.1) is 6.92 Å². The van der Waals surface area contributed by atoms with Gasteiger partial charge in [-0.15, -0.1) is 0 Å². The second kappa shape index (κ2) is 6.29. The number of hydrogen-bond donors (Lipinski definition) is 1. The quantitative estimate of drug-likeness (QED) is 0.905. The summed E-state index contributed by atoms with van der Waals surface area (Å²) >= 11 is 6.31. The summed E-state index contributed by atoms with van der Waals surface area (Å²) in [6.45, 7) is 4.62. The third-order valence-corrected chi connectivity index (χ3v) is 3.71. The summed E-state index contributed by atoms with van der Waals surface area (Å²) in [5.74, 6) is 0. The van der Waals surface area contributed by atoms with E-state index < -0.39 is 6.10 Å². The van der Waals surface area contributed by atoms with Crippen LogP contribution in [0.15, 0.2) is 42.5 Å². The minimum atomic E-state index is -0.496. The number of benzene rings is 2. The number of nitrogens with zero attached hydrogens (tertiary/aromatic N) is 1. The van der Waals surface area contributed by atoms with Gasteiger partial charge in [0.15, 0.2) is 0 Å². The SMILES string of the molecule is Cc1ccc(CN(C)c2ccc([C@H](C)O)cc2Cl)cc1. The number of anilines is 1. The van der Waals surface area contributed by atoms with Crippen LogP contribution < -0.4 is 4.90 Å². The van der Waals surface area contributed by atoms with Crippen LogP contribution in [0.1, 0.15) is 29.7 Å². The Hall–Kier alpha value is -1.51. The van der Waals surface area contributed by atoms with Crippen molar-refractivity contribution >= 4 is 17.3 Å². The van der Waals surface area contributed by atoms with E-state index in [2.05, 4.69) is 36.1 Å². The molecule has 2 aromatic rings. The molecule has 0 fully saturated rings. The zero-order valence-corrected chi connectivity index (χ0v) is 12.9. The molecule has 0 heterocycles. The predicted molar refractivity (Wildman–Crippen MR) is 85.4 cm³/mol. The predicted octanol–water partition coefficient (Wildman–Crippen LogP) is 4.34. The van der Waals surface area contributed by atoms with Gasteiger partial charge in [-0.05, 0) is 37.1 Å². The fourth-order valence-electron chi connectivity index (χ4n) is 2.15. The normalized spacial score (nSPS) is 12.2. The van der Waals surface area contributed by atoms with Crippen LogP contribution in [-0.4, -0.2) is 12.2 Å². The topological polar surface area (TPSA) is 23.5 Å². The van der Waals surface area contributed by atoms with Gasteiger partial charge >= 0.3 is 0 Å². The van der Waals surface area contributed by atoms with Crippen LogP contribution in [0.25, 0.3) is 0 Å². The van der Waals surface area contributed by atoms with Gasteiger partial charge in [-0.25, -0.2) is 0 Å². The van der Waals surface area contributed by atoms with Gasteiger partial charge < -0.3 is 10.0 Å². The molecular formula is C17H20ClNO. The maximum atomic E-state index is 9.57. The van der Waals surface area contributed by atoms with Gasteiger partial charge in [0, 0.05) is 13.6 Å². The van der Waals surface area contributed by atoms with Crippen molar-refractivity contribution in [1.29, 1.82) is 0 Å². The molecule has 20 heavy (non-hydrogen) atoms. The average Bonchev–Trinajstić information content (AvgIpc) is 2.41. The molecule has 0 aliphatic rings. The molecule has 2 rings (SSSR count). The molecule has 0 amide bonds. The molecule has 1 atom stereocenters. The van der Waals surface area contributed by atoms with Gasteiger partial charge in [-0.2, -0.15) is 0 Å². The zero-order chi connectivity index (χ0) is 14.7. The molecule has 0 unspecified atom stereocenters. The van der Waals surface area contributed by atoms with Crippen molar-refractivity contribution < 1.29 is 5.11 Å². The van der Waals surface area contributed by atoms with Crippen LogP contribution in [0.2, 0.25) is 5.02 Å². The van der Waals surface area contributed by atoms with Crippen LogP contribution >= 0.6 is 11.6 Å². The number of aliphatic hydroxyl groups excluding tert-OH is 1. The van der Waals surface area contributed by atoms with Gasteiger partial charge in [0.25, 0.3) is 0 Å². The summed E-state index contributed by atoms with van der Waals surface area (Å²) in [5, 5.41) is 10.2. The number of rotatable bonds is 4. The van der Waals surface area contributed by atoms with Crippen LogP contribution in [0.3, 0.4) is 0 Å². The Kier molecular flexibility index (Phi) is 4.69. The Labute approximate surface area is 125 Å². The standard InChI is InChI=1S/C17H20ClNO/c1-12-4-6-14(7-5-12)11-19(3)17-9-8-15(13(2)20)10-16(17)18/h4-10,13,20H,11H2,1-3H3/t13-/m0/s1. The summed E-state index contributed by atoms with van der Waals surface area (Å²) in [4.78, 5) is 2.11. The van der Waals surface area contributed by atoms with E-state index in [4.69, 9.17) is 11.6 Å². The van der Waals surface area contributed by atoms with Gasteiger partial charge in [-0.3, -0.25) is 0 Å². The molecule has 0 radical (unpaired) electrons. The van der Waals surface area contributed by atoms with Crippen molar-refractivity contribution in [3.05, 3.63) is 64.2 Å². The Balaban J connectivity index is 2.16. The molecule has 0 bridgehead atoms. The number of hydrogen-bond acceptors (Lipinski definition) is 2. The minimum Gasteiger partial charge on any atom is -0.389 e. The fraction of sp³-hybridized carbons (Fsp3) is 0.294. The largest absolute Gasteiger partial charge is 0.389 e. The Morgan fingerprint density at radius 1 is 1.15 bits per heavy atom. The van der Waals surface area contributed by atoms with Crippen molar-refractivity contribution in [3.63, 3.8) is 0 Å². The van der Waals surface area contributed by atoms with Crippen molar-refractivity contribution in [1.82, 2.24) is 0 Å². The molecule has 0 aromatic heterocycles. The van der Waals surface area contributed by atoms with Gasteiger partial charge in [0.2, 0.25) is 0 Å². The van der Waals surface area contributed by atoms with Crippen LogP contribution in [0.4, 0.5) is 5.69 Å². The summed E-state index contributed by atoms with van der Waals surface area (Å²) in [6.07, 6.45) is -0.496. The molecule has 0 spiro atoms. The molecule has 106 valence electrons. The molecule has 3 heteroatoms. The molecule has 0 saturated carbocycles. The fourth-order valence-corrected chi connectivity index (χ4v) is 2.48. The molecule has 2 nitrogen and oxygen atoms in total. The van der Waals surface area contributed by atoms with E-state index in [1.54, 1.807) is 6.92 Å². The van der Waals surface area contributed by atoms with Crippen LogP contribution in [-0.2, 0) is 6.54 Å². The molecule has 0 aliphatic carbocycles. The first-order chi connectivity index (χ1) is 9.47. The lowest BCUT2D eigenvalue weighted by atomic mass is 10.1. The maximum absolute atomic E-state index is 9.57. The molecule has 1 N–H and O–H groups in total. The highest BCUT2D eigenvalue weighted by atomic mass is 35.5. The zero-order valence-electron chi connectivity index (χ0n) is 12.1. The first-order valence-electron chi connectivity index (χ1n) is 6.71. The second-order valence-electron chi connectivity index (χ2n) is 5.23. The van der Waals surface area contributed by atoms with Crippen LogP contribution in [0.5, 0.6) is 0 Å². The highest BCUT2D eigenvalue weighted by molar-refractivity contribution is 6.33. The Morgan fingerprint density at radius 3 is 2.35 bits per heavy atom. The summed E-state index contributed by atoms with van der Waals surface area (Å²) in [5.41, 5.74) is 4.31. The van der Waals surface area contributed by atoms with E-state index in [0.717, 1.165) is 17.8 Å². The number of halogens is 1. The Morgan fingerprint density at radius 2 is 1.80 bits per heavy atom. The lowest BCUT2D eigenvalue weighted by Gasteiger charge is -2.21. The smallest absolute Gasteiger partial charge is 0.0762 e.